The van der Waals surface area contributed by atoms with Crippen molar-refractivity contribution in [2.24, 2.45) is 4.99 Å². The molecule has 0 aliphatic carbocycles. The summed E-state index contributed by atoms with van der Waals surface area (Å²) in [7, 11) is 0. The zero-order valence-corrected chi connectivity index (χ0v) is 28.2. The summed E-state index contributed by atoms with van der Waals surface area (Å²) in [5.41, 5.74) is 5.88. The van der Waals surface area contributed by atoms with Gasteiger partial charge < -0.3 is 9.47 Å². The molecule has 0 N–H and O–H groups in total. The summed E-state index contributed by atoms with van der Waals surface area (Å²) in [6, 6.07) is 19.6. The van der Waals surface area contributed by atoms with E-state index in [0.717, 1.165) is 35.1 Å². The normalized spacial score (nSPS) is 15.0. The lowest BCUT2D eigenvalue weighted by Gasteiger charge is -2.24. The third-order valence-corrected chi connectivity index (χ3v) is 9.32. The molecule has 4 aromatic rings. The molecular formula is C32H28I2N2O4S. The van der Waals surface area contributed by atoms with Gasteiger partial charge in [0.2, 0.25) is 0 Å². The van der Waals surface area contributed by atoms with E-state index in [2.05, 4.69) is 81.4 Å². The van der Waals surface area contributed by atoms with Crippen molar-refractivity contribution in [3.05, 3.63) is 127 Å². The van der Waals surface area contributed by atoms with E-state index in [0.29, 0.717) is 27.2 Å². The minimum Gasteiger partial charge on any atom is -0.487 e. The lowest BCUT2D eigenvalue weighted by Crippen LogP contribution is -2.39. The molecule has 9 heteroatoms. The van der Waals surface area contributed by atoms with Gasteiger partial charge in [-0.25, -0.2) is 9.79 Å². The lowest BCUT2D eigenvalue weighted by atomic mass is 9.95. The maximum Gasteiger partial charge on any atom is 0.338 e. The van der Waals surface area contributed by atoms with Gasteiger partial charge in [0.25, 0.3) is 5.56 Å². The molecule has 1 aliphatic heterocycles. The lowest BCUT2D eigenvalue weighted by molar-refractivity contribution is -0.139. The molecule has 0 saturated heterocycles. The highest BCUT2D eigenvalue weighted by atomic mass is 127. The van der Waals surface area contributed by atoms with Crippen LogP contribution in [0.5, 0.6) is 5.75 Å². The smallest absolute Gasteiger partial charge is 0.338 e. The van der Waals surface area contributed by atoms with Gasteiger partial charge in [-0.2, -0.15) is 0 Å². The Kier molecular flexibility index (Phi) is 9.15. The Morgan fingerprint density at radius 2 is 1.61 bits per heavy atom. The number of rotatable bonds is 7. The monoisotopic (exact) mass is 790 g/mol. The number of aryl methyl sites for hydroxylation is 2. The second kappa shape index (κ2) is 12.6. The van der Waals surface area contributed by atoms with Crippen LogP contribution in [0.4, 0.5) is 0 Å². The standard InChI is InChI=1S/C32H28I2N2O4S/c1-5-39-31(38)27-20(4)35-32-36(28(27)23-12-8-19(3)9-13-23)30(37)26(41-32)16-22-14-24(33)29(25(34)15-22)40-17-21-10-6-18(2)7-11-21/h6-16,28H,5,17H2,1-4H3/b26-16+/t28-/m0/s1. The molecule has 41 heavy (non-hydrogen) atoms. The number of carbonyl (C=O) groups excluding carboxylic acids is 1. The molecule has 2 heterocycles. The third-order valence-electron chi connectivity index (χ3n) is 6.73. The molecule has 1 aromatic heterocycles. The molecule has 5 rings (SSSR count). The van der Waals surface area contributed by atoms with Crippen molar-refractivity contribution in [1.29, 1.82) is 0 Å². The average Bonchev–Trinajstić information content (AvgIpc) is 3.23. The van der Waals surface area contributed by atoms with Crippen molar-refractivity contribution >= 4 is 68.6 Å². The fourth-order valence-corrected chi connectivity index (χ4v) is 7.82. The van der Waals surface area contributed by atoms with Crippen LogP contribution in [-0.4, -0.2) is 17.1 Å². The highest BCUT2D eigenvalue weighted by Gasteiger charge is 2.33. The first-order valence-corrected chi connectivity index (χ1v) is 16.1. The summed E-state index contributed by atoms with van der Waals surface area (Å²) in [6.07, 6.45) is 1.88. The zero-order valence-electron chi connectivity index (χ0n) is 23.0. The van der Waals surface area contributed by atoms with E-state index in [4.69, 9.17) is 9.47 Å². The first kappa shape index (κ1) is 29.7. The molecule has 0 radical (unpaired) electrons. The van der Waals surface area contributed by atoms with Crippen molar-refractivity contribution in [2.75, 3.05) is 6.61 Å². The van der Waals surface area contributed by atoms with Crippen LogP contribution in [0.2, 0.25) is 0 Å². The van der Waals surface area contributed by atoms with Gasteiger partial charge in [0.15, 0.2) is 4.80 Å². The van der Waals surface area contributed by atoms with Gasteiger partial charge >= 0.3 is 5.97 Å². The predicted molar refractivity (Wildman–Crippen MR) is 179 cm³/mol. The minimum atomic E-state index is -0.620. The van der Waals surface area contributed by atoms with Gasteiger partial charge in [-0.1, -0.05) is 71.0 Å². The molecule has 1 atom stereocenters. The number of nitrogens with zero attached hydrogens (tertiary/aromatic N) is 2. The topological polar surface area (TPSA) is 69.9 Å². The van der Waals surface area contributed by atoms with Crippen LogP contribution in [0.25, 0.3) is 6.08 Å². The Hall–Kier alpha value is -2.77. The molecular weight excluding hydrogens is 762 g/mol. The number of hydrogen-bond donors (Lipinski definition) is 0. The number of thiazole rings is 1. The van der Waals surface area contributed by atoms with Crippen molar-refractivity contribution in [3.63, 3.8) is 0 Å². The Morgan fingerprint density at radius 1 is 1.00 bits per heavy atom. The number of benzene rings is 3. The van der Waals surface area contributed by atoms with Crippen LogP contribution in [0.3, 0.4) is 0 Å². The molecule has 0 saturated carbocycles. The fraction of sp³-hybridized carbons (Fsp3) is 0.219. The summed E-state index contributed by atoms with van der Waals surface area (Å²) in [6.45, 7) is 8.35. The van der Waals surface area contributed by atoms with Crippen LogP contribution in [0.15, 0.2) is 81.7 Å². The molecule has 0 fully saturated rings. The number of fused-ring (bicyclic) bond motifs is 1. The van der Waals surface area contributed by atoms with Crippen LogP contribution >= 0.6 is 56.5 Å². The molecule has 210 valence electrons. The van der Waals surface area contributed by atoms with Crippen LogP contribution in [0.1, 0.15) is 47.7 Å². The Morgan fingerprint density at radius 3 is 2.22 bits per heavy atom. The summed E-state index contributed by atoms with van der Waals surface area (Å²) < 4.78 is 15.6. The number of aromatic nitrogens is 1. The van der Waals surface area contributed by atoms with E-state index < -0.39 is 12.0 Å². The summed E-state index contributed by atoms with van der Waals surface area (Å²) in [5, 5.41) is 0. The van der Waals surface area contributed by atoms with E-state index in [9.17, 15) is 9.59 Å². The van der Waals surface area contributed by atoms with E-state index >= 15 is 0 Å². The number of carbonyl (C=O) groups is 1. The first-order valence-electron chi connectivity index (χ1n) is 13.1. The highest BCUT2D eigenvalue weighted by molar-refractivity contribution is 14.1. The Bertz CT molecular complexity index is 1820. The van der Waals surface area contributed by atoms with E-state index in [1.807, 2.05) is 49.4 Å². The minimum absolute atomic E-state index is 0.196. The van der Waals surface area contributed by atoms with Gasteiger partial charge in [-0.15, -0.1) is 0 Å². The maximum absolute atomic E-state index is 13.9. The molecule has 0 amide bonds. The molecule has 6 nitrogen and oxygen atoms in total. The van der Waals surface area contributed by atoms with E-state index in [1.165, 1.54) is 16.9 Å². The summed E-state index contributed by atoms with van der Waals surface area (Å²) in [4.78, 5) is 32.2. The Balaban J connectivity index is 1.54. The zero-order chi connectivity index (χ0) is 29.3. The summed E-state index contributed by atoms with van der Waals surface area (Å²) in [5.74, 6) is 0.360. The van der Waals surface area contributed by atoms with Gasteiger partial charge in [0.05, 0.1) is 35.6 Å². The number of esters is 1. The van der Waals surface area contributed by atoms with Crippen LogP contribution in [-0.2, 0) is 16.1 Å². The predicted octanol–water partition coefficient (Wildman–Crippen LogP) is 6.20. The maximum atomic E-state index is 13.9. The SMILES string of the molecule is CCOC(=O)C1=C(C)N=c2s/c(=C/c3cc(I)c(OCc4ccc(C)cc4)c(I)c3)c(=O)n2[C@H]1c1ccc(C)cc1. The quantitative estimate of drug-likeness (QED) is 0.165. The van der Waals surface area contributed by atoms with Gasteiger partial charge in [-0.3, -0.25) is 9.36 Å². The van der Waals surface area contributed by atoms with E-state index in [1.54, 1.807) is 18.4 Å². The molecule has 1 aliphatic rings. The molecule has 3 aromatic carbocycles. The van der Waals surface area contributed by atoms with Crippen molar-refractivity contribution < 1.29 is 14.3 Å². The van der Waals surface area contributed by atoms with Crippen LogP contribution < -0.4 is 19.6 Å². The first-order chi connectivity index (χ1) is 19.7. The van der Waals surface area contributed by atoms with Crippen molar-refractivity contribution in [3.8, 4) is 5.75 Å². The van der Waals surface area contributed by atoms with Crippen molar-refractivity contribution in [2.45, 2.75) is 40.3 Å². The van der Waals surface area contributed by atoms with Gasteiger partial charge in [0, 0.05) is 0 Å². The summed E-state index contributed by atoms with van der Waals surface area (Å²) >= 11 is 5.87. The number of hydrogen-bond acceptors (Lipinski definition) is 6. The fourth-order valence-electron chi connectivity index (χ4n) is 4.65. The largest absolute Gasteiger partial charge is 0.487 e. The number of allylic oxidation sites excluding steroid dienone is 1. The Labute approximate surface area is 269 Å². The van der Waals surface area contributed by atoms with Gasteiger partial charge in [0.1, 0.15) is 12.4 Å². The third kappa shape index (κ3) is 6.36. The van der Waals surface area contributed by atoms with Crippen molar-refractivity contribution in [1.82, 2.24) is 4.57 Å². The second-order valence-electron chi connectivity index (χ2n) is 9.80. The second-order valence-corrected chi connectivity index (χ2v) is 13.1. The molecule has 0 spiro atoms. The number of ether oxygens (including phenoxy) is 2. The highest BCUT2D eigenvalue weighted by Crippen LogP contribution is 2.32. The average molecular weight is 790 g/mol. The number of halogens is 2. The molecule has 0 unspecified atom stereocenters. The van der Waals surface area contributed by atoms with E-state index in [-0.39, 0.29) is 12.2 Å². The van der Waals surface area contributed by atoms with Gasteiger partial charge in [-0.05, 0) is 108 Å². The van der Waals surface area contributed by atoms with Crippen LogP contribution in [0, 0.1) is 21.0 Å². The molecule has 0 bridgehead atoms.